The summed E-state index contributed by atoms with van der Waals surface area (Å²) in [4.78, 5) is 12.2. The van der Waals surface area contributed by atoms with E-state index in [4.69, 9.17) is 9.98 Å². The fourth-order valence-corrected chi connectivity index (χ4v) is 4.53. The predicted molar refractivity (Wildman–Crippen MR) is 132 cm³/mol. The lowest BCUT2D eigenvalue weighted by Crippen LogP contribution is -2.51. The summed E-state index contributed by atoms with van der Waals surface area (Å²) in [7, 11) is 0. The van der Waals surface area contributed by atoms with Crippen LogP contribution in [0, 0.1) is 6.92 Å². The van der Waals surface area contributed by atoms with E-state index in [-0.39, 0.29) is 0 Å². The van der Waals surface area contributed by atoms with Crippen LogP contribution < -0.4 is 10.6 Å². The normalized spacial score (nSPS) is 19.9. The number of nitrogens with zero attached hydrogens (tertiary/aromatic N) is 4. The second kappa shape index (κ2) is 10.6. The van der Waals surface area contributed by atoms with Crippen molar-refractivity contribution in [2.75, 3.05) is 19.6 Å². The summed E-state index contributed by atoms with van der Waals surface area (Å²) in [6.45, 7) is 10.3. The third-order valence-corrected chi connectivity index (χ3v) is 6.29. The first-order chi connectivity index (χ1) is 15.6. The fraction of sp³-hybridized carbons (Fsp3) is 0.462. The summed E-state index contributed by atoms with van der Waals surface area (Å²) in [5, 5.41) is 7.10. The highest BCUT2D eigenvalue weighted by molar-refractivity contribution is 5.80. The predicted octanol–water partition coefficient (Wildman–Crippen LogP) is 3.79. The van der Waals surface area contributed by atoms with Crippen molar-refractivity contribution in [3.05, 3.63) is 71.7 Å². The van der Waals surface area contributed by atoms with E-state index < -0.39 is 0 Å². The second-order valence-electron chi connectivity index (χ2n) is 8.84. The van der Waals surface area contributed by atoms with Gasteiger partial charge in [-0.15, -0.1) is 0 Å². The Bertz CT molecular complexity index is 1030. The van der Waals surface area contributed by atoms with Crippen LogP contribution in [-0.2, 0) is 13.0 Å². The van der Waals surface area contributed by atoms with Gasteiger partial charge in [-0.05, 0) is 50.8 Å². The van der Waals surface area contributed by atoms with Crippen molar-refractivity contribution >= 4 is 11.6 Å². The van der Waals surface area contributed by atoms with Crippen molar-refractivity contribution in [1.82, 2.24) is 24.9 Å². The molecule has 32 heavy (non-hydrogen) atoms. The molecule has 2 N–H and O–H groups in total. The highest BCUT2D eigenvalue weighted by Gasteiger charge is 2.25. The Balaban J connectivity index is 1.30. The molecule has 0 radical (unpaired) electrons. The molecule has 2 atom stereocenters. The first-order valence-corrected chi connectivity index (χ1v) is 11.9. The molecule has 1 aliphatic rings. The molecule has 6 heteroatoms. The third-order valence-electron chi connectivity index (χ3n) is 6.29. The van der Waals surface area contributed by atoms with Gasteiger partial charge in [0, 0.05) is 57.1 Å². The number of fused-ring (bicyclic) bond motifs is 1. The molecule has 2 aromatic heterocycles. The topological polar surface area (TPSA) is 57.0 Å². The zero-order valence-electron chi connectivity index (χ0n) is 19.6. The molecule has 1 aliphatic heterocycles. The van der Waals surface area contributed by atoms with Crippen LogP contribution in [0.2, 0.25) is 0 Å². The first kappa shape index (κ1) is 22.3. The Labute approximate surface area is 191 Å². The van der Waals surface area contributed by atoms with E-state index in [2.05, 4.69) is 95.6 Å². The maximum absolute atomic E-state index is 4.84. The van der Waals surface area contributed by atoms with Crippen LogP contribution in [0.1, 0.15) is 43.5 Å². The monoisotopic (exact) mass is 432 g/mol. The van der Waals surface area contributed by atoms with Crippen molar-refractivity contribution < 1.29 is 0 Å². The maximum atomic E-state index is 4.84. The Morgan fingerprint density at radius 2 is 2.03 bits per heavy atom. The zero-order chi connectivity index (χ0) is 22.3. The highest BCUT2D eigenvalue weighted by atomic mass is 15.2. The van der Waals surface area contributed by atoms with Crippen LogP contribution in [-0.4, -0.2) is 52.0 Å². The number of benzene rings is 1. The smallest absolute Gasteiger partial charge is 0.191 e. The number of aromatic nitrogens is 2. The molecule has 170 valence electrons. The number of pyridine rings is 1. The SMILES string of the molecule is CCNC(=NCCc1cn2cccc(C)c2n1)NC1CCN(Cc2ccccc2)C(C)C1. The van der Waals surface area contributed by atoms with E-state index in [1.807, 2.05) is 0 Å². The number of aliphatic imine (C=N–C) groups is 1. The van der Waals surface area contributed by atoms with Crippen LogP contribution in [0.25, 0.3) is 5.65 Å². The van der Waals surface area contributed by atoms with Gasteiger partial charge in [0.1, 0.15) is 5.65 Å². The molecule has 1 aromatic carbocycles. The Kier molecular flexibility index (Phi) is 7.43. The van der Waals surface area contributed by atoms with Gasteiger partial charge in [-0.1, -0.05) is 36.4 Å². The van der Waals surface area contributed by atoms with E-state index >= 15 is 0 Å². The van der Waals surface area contributed by atoms with Crippen molar-refractivity contribution in [3.8, 4) is 0 Å². The number of hydrogen-bond acceptors (Lipinski definition) is 3. The average molecular weight is 433 g/mol. The zero-order valence-corrected chi connectivity index (χ0v) is 19.6. The molecule has 2 unspecified atom stereocenters. The summed E-state index contributed by atoms with van der Waals surface area (Å²) in [6.07, 6.45) is 7.27. The van der Waals surface area contributed by atoms with Gasteiger partial charge < -0.3 is 15.0 Å². The van der Waals surface area contributed by atoms with Gasteiger partial charge >= 0.3 is 0 Å². The van der Waals surface area contributed by atoms with Crippen molar-refractivity contribution in [3.63, 3.8) is 0 Å². The van der Waals surface area contributed by atoms with Gasteiger partial charge in [-0.25, -0.2) is 4.98 Å². The summed E-state index contributed by atoms with van der Waals surface area (Å²) in [5.41, 5.74) is 4.71. The third kappa shape index (κ3) is 5.68. The van der Waals surface area contributed by atoms with Crippen LogP contribution >= 0.6 is 0 Å². The highest BCUT2D eigenvalue weighted by Crippen LogP contribution is 2.20. The van der Waals surface area contributed by atoms with E-state index in [0.29, 0.717) is 12.1 Å². The standard InChI is InChI=1S/C26H36N6/c1-4-27-26(28-14-12-24-19-32-15-8-9-20(2)25(32)29-24)30-23-13-16-31(21(3)17-23)18-22-10-6-5-7-11-22/h5-11,15,19,21,23H,4,12-14,16-18H2,1-3H3,(H2,27,28,30). The lowest BCUT2D eigenvalue weighted by Gasteiger charge is -2.38. The Morgan fingerprint density at radius 1 is 1.19 bits per heavy atom. The lowest BCUT2D eigenvalue weighted by molar-refractivity contribution is 0.134. The van der Waals surface area contributed by atoms with Gasteiger partial charge in [0.05, 0.1) is 5.69 Å². The summed E-state index contributed by atoms with van der Waals surface area (Å²) in [6, 6.07) is 15.9. The molecule has 0 bridgehead atoms. The molecule has 1 saturated heterocycles. The van der Waals surface area contributed by atoms with Crippen molar-refractivity contribution in [1.29, 1.82) is 0 Å². The molecule has 3 heterocycles. The minimum absolute atomic E-state index is 0.452. The molecular weight excluding hydrogens is 396 g/mol. The first-order valence-electron chi connectivity index (χ1n) is 11.9. The van der Waals surface area contributed by atoms with Gasteiger partial charge in [0.25, 0.3) is 0 Å². The number of piperidine rings is 1. The number of guanidine groups is 1. The van der Waals surface area contributed by atoms with Crippen LogP contribution in [0.4, 0.5) is 0 Å². The number of rotatable bonds is 7. The minimum atomic E-state index is 0.452. The molecule has 0 saturated carbocycles. The lowest BCUT2D eigenvalue weighted by atomic mass is 9.97. The molecule has 4 rings (SSSR count). The van der Waals surface area contributed by atoms with Gasteiger partial charge in [-0.2, -0.15) is 0 Å². The Morgan fingerprint density at radius 3 is 2.78 bits per heavy atom. The quantitative estimate of drug-likeness (QED) is 0.441. The van der Waals surface area contributed by atoms with Gasteiger partial charge in [0.15, 0.2) is 5.96 Å². The van der Waals surface area contributed by atoms with E-state index in [0.717, 1.165) is 62.7 Å². The molecule has 3 aromatic rings. The Hall–Kier alpha value is -2.86. The van der Waals surface area contributed by atoms with E-state index in [1.165, 1.54) is 11.1 Å². The molecular formula is C26H36N6. The maximum Gasteiger partial charge on any atom is 0.191 e. The number of imidazole rings is 1. The molecule has 6 nitrogen and oxygen atoms in total. The summed E-state index contributed by atoms with van der Waals surface area (Å²) in [5.74, 6) is 0.918. The number of likely N-dealkylation sites (tertiary alicyclic amines) is 1. The number of aryl methyl sites for hydroxylation is 1. The van der Waals surface area contributed by atoms with Crippen molar-refractivity contribution in [2.45, 2.75) is 58.7 Å². The average Bonchev–Trinajstić information content (AvgIpc) is 3.21. The van der Waals surface area contributed by atoms with Crippen molar-refractivity contribution in [2.24, 2.45) is 4.99 Å². The number of hydrogen-bond donors (Lipinski definition) is 2. The van der Waals surface area contributed by atoms with Gasteiger partial charge in [0.2, 0.25) is 0 Å². The summed E-state index contributed by atoms with van der Waals surface area (Å²) >= 11 is 0. The van der Waals surface area contributed by atoms with E-state index in [1.54, 1.807) is 0 Å². The number of nitrogens with one attached hydrogen (secondary N) is 2. The van der Waals surface area contributed by atoms with Crippen LogP contribution in [0.3, 0.4) is 0 Å². The molecule has 0 amide bonds. The molecule has 0 aliphatic carbocycles. The summed E-state index contributed by atoms with van der Waals surface area (Å²) < 4.78 is 2.10. The minimum Gasteiger partial charge on any atom is -0.357 e. The van der Waals surface area contributed by atoms with E-state index in [9.17, 15) is 0 Å². The van der Waals surface area contributed by atoms with Gasteiger partial charge in [-0.3, -0.25) is 9.89 Å². The molecule has 0 spiro atoms. The van der Waals surface area contributed by atoms with Crippen LogP contribution in [0.5, 0.6) is 0 Å². The molecule has 1 fully saturated rings. The second-order valence-corrected chi connectivity index (χ2v) is 8.84. The fourth-order valence-electron chi connectivity index (χ4n) is 4.53. The van der Waals surface area contributed by atoms with Crippen LogP contribution in [0.15, 0.2) is 59.9 Å². The largest absolute Gasteiger partial charge is 0.357 e.